The van der Waals surface area contributed by atoms with Gasteiger partial charge < -0.3 is 9.64 Å². The number of carbonyl (C=O) groups is 2. The number of halogens is 1. The Morgan fingerprint density at radius 2 is 1.96 bits per heavy atom. The summed E-state index contributed by atoms with van der Waals surface area (Å²) in [5, 5.41) is 0.578. The van der Waals surface area contributed by atoms with Gasteiger partial charge in [0.15, 0.2) is 16.4 Å². The Morgan fingerprint density at radius 3 is 2.52 bits per heavy atom. The first-order valence-electron chi connectivity index (χ1n) is 8.20. The van der Waals surface area contributed by atoms with Gasteiger partial charge in [-0.3, -0.25) is 9.59 Å². The van der Waals surface area contributed by atoms with E-state index in [1.165, 1.54) is 4.90 Å². The zero-order chi connectivity index (χ0) is 18.4. The number of hydrogen-bond donors (Lipinski definition) is 0. The van der Waals surface area contributed by atoms with Crippen molar-refractivity contribution < 1.29 is 22.7 Å². The van der Waals surface area contributed by atoms with Crippen LogP contribution in [0.5, 0.6) is 0 Å². The lowest BCUT2D eigenvalue weighted by Crippen LogP contribution is -2.43. The van der Waals surface area contributed by atoms with Crippen LogP contribution in [0.15, 0.2) is 24.3 Å². The predicted octanol–water partition coefficient (Wildman–Crippen LogP) is 1.85. The van der Waals surface area contributed by atoms with Gasteiger partial charge in [0.25, 0.3) is 5.91 Å². The Bertz CT molecular complexity index is 717. The van der Waals surface area contributed by atoms with Crippen molar-refractivity contribution in [3.63, 3.8) is 0 Å². The smallest absolute Gasteiger partial charge is 0.310 e. The molecule has 8 heteroatoms. The van der Waals surface area contributed by atoms with Crippen LogP contribution >= 0.6 is 11.6 Å². The number of ether oxygens (including phenoxy) is 1. The average Bonchev–Trinajstić information content (AvgIpc) is 2.92. The van der Waals surface area contributed by atoms with Gasteiger partial charge in [0, 0.05) is 17.6 Å². The lowest BCUT2D eigenvalue weighted by molar-refractivity contribution is -0.152. The Balaban J connectivity index is 1.87. The van der Waals surface area contributed by atoms with Crippen molar-refractivity contribution >= 4 is 33.3 Å². The van der Waals surface area contributed by atoms with Gasteiger partial charge in [0.1, 0.15) is 0 Å². The molecule has 0 aromatic heterocycles. The summed E-state index contributed by atoms with van der Waals surface area (Å²) in [6.45, 7) is 1.99. The molecular formula is C17H22ClNO5S. The molecule has 0 unspecified atom stereocenters. The van der Waals surface area contributed by atoms with Gasteiger partial charge in [-0.25, -0.2) is 8.42 Å². The summed E-state index contributed by atoms with van der Waals surface area (Å²) in [5.74, 6) is -0.779. The second kappa shape index (κ2) is 8.67. The zero-order valence-electron chi connectivity index (χ0n) is 14.1. The fourth-order valence-electron chi connectivity index (χ4n) is 2.82. The first kappa shape index (κ1) is 19.7. The fourth-order valence-corrected chi connectivity index (χ4v) is 4.67. The molecule has 0 spiro atoms. The maximum absolute atomic E-state index is 12.4. The maximum Gasteiger partial charge on any atom is 0.310 e. The highest BCUT2D eigenvalue weighted by Gasteiger charge is 2.34. The molecule has 0 saturated carbocycles. The molecule has 1 fully saturated rings. The zero-order valence-corrected chi connectivity index (χ0v) is 15.7. The van der Waals surface area contributed by atoms with Crippen LogP contribution < -0.4 is 0 Å². The topological polar surface area (TPSA) is 80.8 Å². The average molecular weight is 388 g/mol. The monoisotopic (exact) mass is 387 g/mol. The molecule has 0 bridgehead atoms. The van der Waals surface area contributed by atoms with Crippen molar-refractivity contribution in [2.24, 2.45) is 0 Å². The molecule has 25 heavy (non-hydrogen) atoms. The largest absolute Gasteiger partial charge is 0.455 e. The number of esters is 1. The second-order valence-corrected chi connectivity index (χ2v) is 8.77. The maximum atomic E-state index is 12.4. The normalized spacial score (nSPS) is 18.7. The SMILES string of the molecule is CCCN(C(=O)COC(=O)Cc1ccc(Cl)cc1)[C@H]1CCS(=O)(=O)C1. The molecule has 0 radical (unpaired) electrons. The molecular weight excluding hydrogens is 366 g/mol. The van der Waals surface area contributed by atoms with Gasteiger partial charge in [-0.05, 0) is 30.5 Å². The van der Waals surface area contributed by atoms with Crippen molar-refractivity contribution in [1.82, 2.24) is 4.90 Å². The van der Waals surface area contributed by atoms with Gasteiger partial charge in [-0.1, -0.05) is 30.7 Å². The third kappa shape index (κ3) is 6.01. The minimum absolute atomic E-state index is 0.0164. The molecule has 1 aliphatic rings. The highest BCUT2D eigenvalue weighted by atomic mass is 35.5. The summed E-state index contributed by atoms with van der Waals surface area (Å²) in [4.78, 5) is 25.8. The first-order valence-corrected chi connectivity index (χ1v) is 10.4. The van der Waals surface area contributed by atoms with E-state index >= 15 is 0 Å². The van der Waals surface area contributed by atoms with Gasteiger partial charge in [0.05, 0.1) is 17.9 Å². The Labute approximate surface area is 153 Å². The van der Waals surface area contributed by atoms with Crippen LogP contribution in [0.25, 0.3) is 0 Å². The van der Waals surface area contributed by atoms with Crippen molar-refractivity contribution in [2.45, 2.75) is 32.2 Å². The van der Waals surface area contributed by atoms with Gasteiger partial charge in [-0.15, -0.1) is 0 Å². The molecule has 6 nitrogen and oxygen atoms in total. The van der Waals surface area contributed by atoms with E-state index in [-0.39, 0.29) is 36.5 Å². The summed E-state index contributed by atoms with van der Waals surface area (Å²) in [6, 6.07) is 6.47. The lowest BCUT2D eigenvalue weighted by Gasteiger charge is -2.27. The van der Waals surface area contributed by atoms with Gasteiger partial charge in [0.2, 0.25) is 0 Å². The van der Waals surface area contributed by atoms with E-state index < -0.39 is 15.8 Å². The van der Waals surface area contributed by atoms with Crippen LogP contribution in [0.3, 0.4) is 0 Å². The number of carbonyl (C=O) groups excluding carboxylic acids is 2. The fraction of sp³-hybridized carbons (Fsp3) is 0.529. The number of nitrogens with zero attached hydrogens (tertiary/aromatic N) is 1. The number of sulfone groups is 1. The van der Waals surface area contributed by atoms with Crippen LogP contribution in [0.1, 0.15) is 25.3 Å². The highest BCUT2D eigenvalue weighted by molar-refractivity contribution is 7.91. The molecule has 1 heterocycles. The molecule has 2 rings (SSSR count). The van der Waals surface area contributed by atoms with Crippen molar-refractivity contribution in [3.05, 3.63) is 34.9 Å². The molecule has 1 saturated heterocycles. The summed E-state index contributed by atoms with van der Waals surface area (Å²) >= 11 is 5.79. The number of amides is 1. The number of hydrogen-bond acceptors (Lipinski definition) is 5. The molecule has 1 aromatic rings. The van der Waals surface area contributed by atoms with Crippen molar-refractivity contribution in [1.29, 1.82) is 0 Å². The molecule has 1 atom stereocenters. The van der Waals surface area contributed by atoms with Crippen LogP contribution in [-0.2, 0) is 30.6 Å². The third-order valence-electron chi connectivity index (χ3n) is 4.05. The molecule has 138 valence electrons. The van der Waals surface area contributed by atoms with Gasteiger partial charge >= 0.3 is 5.97 Å². The number of benzene rings is 1. The lowest BCUT2D eigenvalue weighted by atomic mass is 10.1. The molecule has 0 N–H and O–H groups in total. The van der Waals surface area contributed by atoms with Gasteiger partial charge in [-0.2, -0.15) is 0 Å². The van der Waals surface area contributed by atoms with Crippen LogP contribution in [-0.4, -0.2) is 55.9 Å². The van der Waals surface area contributed by atoms with Crippen molar-refractivity contribution in [3.8, 4) is 0 Å². The van der Waals surface area contributed by atoms with Crippen LogP contribution in [0.2, 0.25) is 5.02 Å². The van der Waals surface area contributed by atoms with E-state index in [0.29, 0.717) is 24.4 Å². The van der Waals surface area contributed by atoms with E-state index in [2.05, 4.69) is 0 Å². The second-order valence-electron chi connectivity index (χ2n) is 6.11. The molecule has 1 amide bonds. The predicted molar refractivity (Wildman–Crippen MR) is 95.2 cm³/mol. The minimum Gasteiger partial charge on any atom is -0.455 e. The Morgan fingerprint density at radius 1 is 1.28 bits per heavy atom. The van der Waals surface area contributed by atoms with E-state index in [1.807, 2.05) is 6.92 Å². The Kier molecular flexibility index (Phi) is 6.84. The first-order chi connectivity index (χ1) is 11.8. The van der Waals surface area contributed by atoms with E-state index in [0.717, 1.165) is 5.56 Å². The van der Waals surface area contributed by atoms with E-state index in [9.17, 15) is 18.0 Å². The summed E-state index contributed by atoms with van der Waals surface area (Å²) in [7, 11) is -3.08. The highest BCUT2D eigenvalue weighted by Crippen LogP contribution is 2.18. The minimum atomic E-state index is -3.08. The van der Waals surface area contributed by atoms with Crippen molar-refractivity contribution in [2.75, 3.05) is 24.7 Å². The summed E-state index contributed by atoms with van der Waals surface area (Å²) < 4.78 is 28.3. The standard InChI is InChI=1S/C17H22ClNO5S/c1-2-8-19(15-7-9-25(22,23)12-15)16(20)11-24-17(21)10-13-3-5-14(18)6-4-13/h3-6,15H,2,7-12H2,1H3/t15-/m0/s1. The van der Waals surface area contributed by atoms with Crippen LogP contribution in [0.4, 0.5) is 0 Å². The molecule has 1 aromatic carbocycles. The molecule has 1 aliphatic heterocycles. The number of rotatable bonds is 7. The van der Waals surface area contributed by atoms with Crippen LogP contribution in [0, 0.1) is 0 Å². The third-order valence-corrected chi connectivity index (χ3v) is 6.05. The van der Waals surface area contributed by atoms with E-state index in [1.54, 1.807) is 24.3 Å². The van der Waals surface area contributed by atoms with E-state index in [4.69, 9.17) is 16.3 Å². The molecule has 0 aliphatic carbocycles. The summed E-state index contributed by atoms with van der Waals surface area (Å²) in [5.41, 5.74) is 0.745. The quantitative estimate of drug-likeness (QED) is 0.667. The summed E-state index contributed by atoms with van der Waals surface area (Å²) in [6.07, 6.45) is 1.20. The Hall–Kier alpha value is -1.60.